The van der Waals surface area contributed by atoms with E-state index in [1.165, 1.54) is 29.1 Å². The largest absolute Gasteiger partial charge is 0.352 e. The van der Waals surface area contributed by atoms with E-state index in [1.54, 1.807) is 36.4 Å². The average Bonchev–Trinajstić information content (AvgIpc) is 3.18. The Balaban J connectivity index is 1.67. The number of aromatic nitrogens is 2. The van der Waals surface area contributed by atoms with Gasteiger partial charge in [0.1, 0.15) is 0 Å². The summed E-state index contributed by atoms with van der Waals surface area (Å²) >= 11 is 0. The Morgan fingerprint density at radius 1 is 1.10 bits per heavy atom. The zero-order valence-corrected chi connectivity index (χ0v) is 17.7. The number of nitrogens with zero attached hydrogens (tertiary/aromatic N) is 2. The normalized spacial score (nSPS) is 11.9. The average molecular weight is 449 g/mol. The molecule has 0 fully saturated rings. The fourth-order valence-electron chi connectivity index (χ4n) is 2.83. The molecular weight excluding hydrogens is 428 g/mol. The lowest BCUT2D eigenvalue weighted by molar-refractivity contribution is 0.0954. The molecule has 0 aliphatic carbocycles. The standard InChI is InChI=1S/C19H20N4O5S2/c1-29(25,26)19-22-11-12-23(19)16-4-2-3-15(13-16)18(24)21-10-9-14-5-7-17(8-6-14)30(20,27)28/h2-8,11-13H,9-10H2,1H3,(H,21,24)(H2,20,27,28). The highest BCUT2D eigenvalue weighted by Crippen LogP contribution is 2.16. The number of sulfone groups is 1. The van der Waals surface area contributed by atoms with Gasteiger partial charge in [-0.15, -0.1) is 0 Å². The van der Waals surface area contributed by atoms with E-state index in [0.29, 0.717) is 24.2 Å². The molecule has 30 heavy (non-hydrogen) atoms. The van der Waals surface area contributed by atoms with Crippen LogP contribution in [0.5, 0.6) is 0 Å². The summed E-state index contributed by atoms with van der Waals surface area (Å²) in [5.74, 6) is -0.320. The van der Waals surface area contributed by atoms with E-state index in [4.69, 9.17) is 5.14 Å². The lowest BCUT2D eigenvalue weighted by atomic mass is 10.1. The third-order valence-corrected chi connectivity index (χ3v) is 6.17. The van der Waals surface area contributed by atoms with Crippen LogP contribution >= 0.6 is 0 Å². The van der Waals surface area contributed by atoms with Crippen LogP contribution < -0.4 is 10.5 Å². The lowest BCUT2D eigenvalue weighted by Crippen LogP contribution is -2.25. The van der Waals surface area contributed by atoms with Crippen LogP contribution in [-0.4, -0.2) is 45.1 Å². The molecule has 0 radical (unpaired) electrons. The molecule has 3 aromatic rings. The van der Waals surface area contributed by atoms with Crippen molar-refractivity contribution in [2.45, 2.75) is 16.5 Å². The minimum atomic E-state index is -3.74. The van der Waals surface area contributed by atoms with Crippen molar-refractivity contribution in [2.24, 2.45) is 5.14 Å². The van der Waals surface area contributed by atoms with Crippen molar-refractivity contribution in [3.05, 3.63) is 72.1 Å². The van der Waals surface area contributed by atoms with Crippen LogP contribution in [0.15, 0.2) is 71.0 Å². The Morgan fingerprint density at radius 2 is 1.80 bits per heavy atom. The van der Waals surface area contributed by atoms with Crippen molar-refractivity contribution in [1.29, 1.82) is 0 Å². The predicted molar refractivity (Wildman–Crippen MR) is 111 cm³/mol. The van der Waals surface area contributed by atoms with Gasteiger partial charge < -0.3 is 5.32 Å². The third-order valence-electron chi connectivity index (χ3n) is 4.28. The molecule has 158 valence electrons. The van der Waals surface area contributed by atoms with Crippen LogP contribution in [-0.2, 0) is 26.3 Å². The molecule has 3 N–H and O–H groups in total. The van der Waals surface area contributed by atoms with Gasteiger partial charge in [-0.05, 0) is 42.3 Å². The molecule has 1 heterocycles. The first kappa shape index (κ1) is 21.7. The van der Waals surface area contributed by atoms with E-state index in [9.17, 15) is 21.6 Å². The fraction of sp³-hybridized carbons (Fsp3) is 0.158. The van der Waals surface area contributed by atoms with Gasteiger partial charge in [0.25, 0.3) is 5.91 Å². The van der Waals surface area contributed by atoms with Gasteiger partial charge in [-0.2, -0.15) is 0 Å². The summed E-state index contributed by atoms with van der Waals surface area (Å²) in [4.78, 5) is 16.4. The second kappa shape index (κ2) is 8.38. The first-order chi connectivity index (χ1) is 14.1. The van der Waals surface area contributed by atoms with Gasteiger partial charge >= 0.3 is 0 Å². The number of carbonyl (C=O) groups is 1. The molecule has 0 bridgehead atoms. The number of imidazole rings is 1. The maximum atomic E-state index is 12.5. The van der Waals surface area contributed by atoms with Gasteiger partial charge in [0.2, 0.25) is 25.0 Å². The molecule has 1 aromatic heterocycles. The number of sulfonamides is 1. The molecule has 0 atom stereocenters. The van der Waals surface area contributed by atoms with E-state index < -0.39 is 19.9 Å². The summed E-state index contributed by atoms with van der Waals surface area (Å²) in [5.41, 5.74) is 1.71. The molecule has 0 spiro atoms. The lowest BCUT2D eigenvalue weighted by Gasteiger charge is -2.09. The quantitative estimate of drug-likeness (QED) is 0.550. The Morgan fingerprint density at radius 3 is 2.43 bits per heavy atom. The zero-order chi connectivity index (χ0) is 21.9. The molecule has 2 aromatic carbocycles. The second-order valence-corrected chi connectivity index (χ2v) is 10.1. The first-order valence-corrected chi connectivity index (χ1v) is 12.2. The SMILES string of the molecule is CS(=O)(=O)c1nccn1-c1cccc(C(=O)NCCc2ccc(S(N)(=O)=O)cc2)c1. The van der Waals surface area contributed by atoms with Crippen molar-refractivity contribution in [3.63, 3.8) is 0 Å². The monoisotopic (exact) mass is 448 g/mol. The zero-order valence-electron chi connectivity index (χ0n) is 16.0. The van der Waals surface area contributed by atoms with Gasteiger partial charge in [0, 0.05) is 36.4 Å². The van der Waals surface area contributed by atoms with Crippen LogP contribution in [0.2, 0.25) is 0 Å². The van der Waals surface area contributed by atoms with Crippen LogP contribution in [0, 0.1) is 0 Å². The minimum Gasteiger partial charge on any atom is -0.352 e. The number of hydrogen-bond donors (Lipinski definition) is 2. The van der Waals surface area contributed by atoms with Crippen LogP contribution in [0.1, 0.15) is 15.9 Å². The minimum absolute atomic E-state index is 0.0278. The highest BCUT2D eigenvalue weighted by Gasteiger charge is 2.16. The molecule has 1 amide bonds. The molecule has 0 aliphatic rings. The first-order valence-electron chi connectivity index (χ1n) is 8.79. The van der Waals surface area contributed by atoms with Crippen LogP contribution in [0.3, 0.4) is 0 Å². The highest BCUT2D eigenvalue weighted by atomic mass is 32.2. The van der Waals surface area contributed by atoms with Crippen molar-refractivity contribution in [3.8, 4) is 5.69 Å². The van der Waals surface area contributed by atoms with Gasteiger partial charge in [0.15, 0.2) is 0 Å². The number of nitrogens with two attached hydrogens (primary N) is 1. The Bertz CT molecular complexity index is 1280. The summed E-state index contributed by atoms with van der Waals surface area (Å²) < 4.78 is 47.7. The smallest absolute Gasteiger partial charge is 0.251 e. The van der Waals surface area contributed by atoms with E-state index in [2.05, 4.69) is 10.3 Å². The molecule has 9 nitrogen and oxygen atoms in total. The fourth-order valence-corrected chi connectivity index (χ4v) is 4.12. The molecule has 3 rings (SSSR count). The highest BCUT2D eigenvalue weighted by molar-refractivity contribution is 7.90. The van der Waals surface area contributed by atoms with E-state index in [1.807, 2.05) is 0 Å². The third kappa shape index (κ3) is 5.12. The van der Waals surface area contributed by atoms with E-state index in [-0.39, 0.29) is 16.0 Å². The maximum Gasteiger partial charge on any atom is 0.251 e. The van der Waals surface area contributed by atoms with Gasteiger partial charge in [-0.1, -0.05) is 18.2 Å². The summed E-state index contributed by atoms with van der Waals surface area (Å²) in [7, 11) is -7.26. The number of hydrogen-bond acceptors (Lipinski definition) is 6. The molecule has 0 aliphatic heterocycles. The Kier molecular flexibility index (Phi) is 6.06. The van der Waals surface area contributed by atoms with Crippen molar-refractivity contribution >= 4 is 25.8 Å². The van der Waals surface area contributed by atoms with Crippen LogP contribution in [0.25, 0.3) is 5.69 Å². The number of nitrogens with one attached hydrogen (secondary N) is 1. The van der Waals surface area contributed by atoms with E-state index in [0.717, 1.165) is 11.8 Å². The maximum absolute atomic E-state index is 12.5. The summed E-state index contributed by atoms with van der Waals surface area (Å²) in [5, 5.41) is 7.74. The Hall–Kier alpha value is -3.02. The number of amides is 1. The number of rotatable bonds is 7. The number of primary sulfonamides is 1. The van der Waals surface area contributed by atoms with Gasteiger partial charge in [-0.3, -0.25) is 9.36 Å². The van der Waals surface area contributed by atoms with Gasteiger partial charge in [0.05, 0.1) is 4.90 Å². The molecule has 0 unspecified atom stereocenters. The molecular formula is C19H20N4O5S2. The predicted octanol–water partition coefficient (Wildman–Crippen LogP) is 0.896. The van der Waals surface area contributed by atoms with Crippen molar-refractivity contribution in [2.75, 3.05) is 12.8 Å². The van der Waals surface area contributed by atoms with Gasteiger partial charge in [-0.25, -0.2) is 27.0 Å². The number of carbonyl (C=O) groups excluding carboxylic acids is 1. The number of benzene rings is 2. The summed E-state index contributed by atoms with van der Waals surface area (Å²) in [6, 6.07) is 12.6. The Labute approximate surface area is 174 Å². The second-order valence-electron chi connectivity index (χ2n) is 6.60. The molecule has 11 heteroatoms. The summed E-state index contributed by atoms with van der Waals surface area (Å²) in [6.45, 7) is 0.331. The van der Waals surface area contributed by atoms with Crippen molar-refractivity contribution < 1.29 is 21.6 Å². The molecule has 0 saturated heterocycles. The van der Waals surface area contributed by atoms with Crippen LogP contribution in [0.4, 0.5) is 0 Å². The molecule has 0 saturated carbocycles. The van der Waals surface area contributed by atoms with E-state index >= 15 is 0 Å². The summed E-state index contributed by atoms with van der Waals surface area (Å²) in [6.07, 6.45) is 4.46. The van der Waals surface area contributed by atoms with Crippen molar-refractivity contribution in [1.82, 2.24) is 14.9 Å². The topological polar surface area (TPSA) is 141 Å².